The van der Waals surface area contributed by atoms with Crippen LogP contribution in [0.1, 0.15) is 44.9 Å². The first-order valence-electron chi connectivity index (χ1n) is 10.2. The lowest BCUT2D eigenvalue weighted by atomic mass is 9.84. The van der Waals surface area contributed by atoms with Crippen LogP contribution < -0.4 is 4.90 Å². The molecular formula is C24H29NO4. The minimum Gasteiger partial charge on any atom is -0.462 e. The third-order valence-electron chi connectivity index (χ3n) is 4.95. The third-order valence-corrected chi connectivity index (χ3v) is 4.95. The normalized spacial score (nSPS) is 16.1. The molecule has 1 atom stereocenters. The summed E-state index contributed by atoms with van der Waals surface area (Å²) < 4.78 is 11.0. The van der Waals surface area contributed by atoms with Crippen molar-refractivity contribution in [1.29, 1.82) is 0 Å². The van der Waals surface area contributed by atoms with Gasteiger partial charge in [0.2, 0.25) is 0 Å². The Morgan fingerprint density at radius 1 is 0.862 bits per heavy atom. The van der Waals surface area contributed by atoms with Crippen LogP contribution in [0.3, 0.4) is 0 Å². The average Bonchev–Trinajstić information content (AvgIpc) is 2.68. The fourth-order valence-corrected chi connectivity index (χ4v) is 3.83. The molecule has 0 saturated carbocycles. The zero-order valence-electron chi connectivity index (χ0n) is 17.5. The van der Waals surface area contributed by atoms with Gasteiger partial charge < -0.3 is 14.4 Å². The molecule has 0 fully saturated rings. The van der Waals surface area contributed by atoms with E-state index in [-0.39, 0.29) is 12.2 Å². The number of carbonyl (C=O) groups is 2. The maximum Gasteiger partial charge on any atom is 0.323 e. The Balaban J connectivity index is 2.11. The summed E-state index contributed by atoms with van der Waals surface area (Å²) in [6, 6.07) is 17.4. The number of rotatable bonds is 6. The molecule has 0 spiro atoms. The van der Waals surface area contributed by atoms with E-state index in [1.807, 2.05) is 48.5 Å². The van der Waals surface area contributed by atoms with Crippen molar-refractivity contribution >= 4 is 17.6 Å². The van der Waals surface area contributed by atoms with Gasteiger partial charge in [-0.1, -0.05) is 42.5 Å². The van der Waals surface area contributed by atoms with Crippen LogP contribution in [-0.4, -0.2) is 30.7 Å². The number of fused-ring (bicyclic) bond motifs is 1. The first kappa shape index (κ1) is 20.9. The van der Waals surface area contributed by atoms with Crippen LogP contribution in [0.5, 0.6) is 0 Å². The number of carbonyl (C=O) groups excluding carboxylic acids is 2. The zero-order valence-corrected chi connectivity index (χ0v) is 17.5. The summed E-state index contributed by atoms with van der Waals surface area (Å²) in [6.45, 7) is 7.84. The number of hydrogen-bond donors (Lipinski definition) is 0. The highest BCUT2D eigenvalue weighted by atomic mass is 16.6. The van der Waals surface area contributed by atoms with E-state index in [9.17, 15) is 9.59 Å². The lowest BCUT2D eigenvalue weighted by Crippen LogP contribution is -2.46. The fraction of sp³-hybridized carbons (Fsp3) is 0.417. The van der Waals surface area contributed by atoms with Gasteiger partial charge in [-0.05, 0) is 57.4 Å². The monoisotopic (exact) mass is 395 g/mol. The van der Waals surface area contributed by atoms with E-state index in [1.165, 1.54) is 0 Å². The Bertz CT molecular complexity index is 825. The maximum absolute atomic E-state index is 13.1. The van der Waals surface area contributed by atoms with Crippen molar-refractivity contribution in [2.24, 2.45) is 5.92 Å². The van der Waals surface area contributed by atoms with Crippen molar-refractivity contribution in [3.05, 3.63) is 65.7 Å². The molecule has 0 aliphatic carbocycles. The quantitative estimate of drug-likeness (QED) is 0.539. The molecule has 0 amide bonds. The molecule has 0 aromatic heterocycles. The van der Waals surface area contributed by atoms with Gasteiger partial charge in [0.1, 0.15) is 0 Å². The first-order valence-corrected chi connectivity index (χ1v) is 10.2. The topological polar surface area (TPSA) is 55.8 Å². The molecule has 5 nitrogen and oxygen atoms in total. The van der Waals surface area contributed by atoms with Crippen LogP contribution in [0.25, 0.3) is 0 Å². The Morgan fingerprint density at radius 3 is 2.00 bits per heavy atom. The summed E-state index contributed by atoms with van der Waals surface area (Å²) in [5.41, 5.74) is 3.07. The molecule has 1 aliphatic heterocycles. The van der Waals surface area contributed by atoms with Crippen LogP contribution in [0.15, 0.2) is 54.6 Å². The van der Waals surface area contributed by atoms with E-state index in [1.54, 1.807) is 27.7 Å². The Labute approximate surface area is 172 Å². The van der Waals surface area contributed by atoms with Crippen molar-refractivity contribution in [3.63, 3.8) is 0 Å². The van der Waals surface area contributed by atoms with Gasteiger partial charge in [-0.3, -0.25) is 9.59 Å². The number of anilines is 1. The molecule has 2 aromatic carbocycles. The highest BCUT2D eigenvalue weighted by molar-refractivity contribution is 5.97. The molecule has 0 bridgehead atoms. The molecule has 154 valence electrons. The van der Waals surface area contributed by atoms with Gasteiger partial charge in [0.05, 0.1) is 18.2 Å². The maximum atomic E-state index is 13.1. The highest BCUT2D eigenvalue weighted by Gasteiger charge is 2.44. The molecule has 2 aromatic rings. The number of hydrogen-bond acceptors (Lipinski definition) is 5. The summed E-state index contributed by atoms with van der Waals surface area (Å²) in [5.74, 6) is -2.16. The van der Waals surface area contributed by atoms with Crippen molar-refractivity contribution < 1.29 is 19.1 Å². The van der Waals surface area contributed by atoms with Gasteiger partial charge in [-0.25, -0.2) is 0 Å². The van der Waals surface area contributed by atoms with Crippen LogP contribution in [0.4, 0.5) is 5.69 Å². The van der Waals surface area contributed by atoms with Gasteiger partial charge >= 0.3 is 11.9 Å². The van der Waals surface area contributed by atoms with Crippen LogP contribution in [-0.2, 0) is 25.5 Å². The third kappa shape index (κ3) is 4.78. The van der Waals surface area contributed by atoms with Gasteiger partial charge in [0.15, 0.2) is 5.92 Å². The standard InChI is InChI=1S/C24H29NO4/c1-16(2)28-23(26)21(24(27)29-17(3)4)22-20-13-9-8-10-18(20)14-15-25(22)19-11-6-5-7-12-19/h5-13,16-17,21-22H,14-15H2,1-4H3. The van der Waals surface area contributed by atoms with Gasteiger partial charge in [-0.2, -0.15) is 0 Å². The summed E-state index contributed by atoms with van der Waals surface area (Å²) in [6.07, 6.45) is 0.203. The van der Waals surface area contributed by atoms with Crippen LogP contribution in [0.2, 0.25) is 0 Å². The molecule has 0 radical (unpaired) electrons. The number of benzene rings is 2. The second kappa shape index (κ2) is 9.12. The highest BCUT2D eigenvalue weighted by Crippen LogP contribution is 2.39. The van der Waals surface area contributed by atoms with Crippen LogP contribution >= 0.6 is 0 Å². The SMILES string of the molecule is CC(C)OC(=O)C(C(=O)OC(C)C)C1c2ccccc2CCN1c1ccccc1. The molecule has 1 aliphatic rings. The summed E-state index contributed by atoms with van der Waals surface area (Å²) >= 11 is 0. The molecule has 3 rings (SSSR count). The van der Waals surface area contributed by atoms with Gasteiger partial charge in [0.25, 0.3) is 0 Å². The Kier molecular flexibility index (Phi) is 6.57. The minimum atomic E-state index is -1.07. The second-order valence-electron chi connectivity index (χ2n) is 7.87. The number of ether oxygens (including phenoxy) is 2. The number of para-hydroxylation sites is 1. The van der Waals surface area contributed by atoms with Gasteiger partial charge in [0, 0.05) is 12.2 Å². The molecule has 1 heterocycles. The van der Waals surface area contributed by atoms with Crippen molar-refractivity contribution in [2.45, 2.75) is 52.4 Å². The lowest BCUT2D eigenvalue weighted by Gasteiger charge is -2.41. The van der Waals surface area contributed by atoms with E-state index in [0.29, 0.717) is 6.54 Å². The minimum absolute atomic E-state index is 0.319. The van der Waals surface area contributed by atoms with E-state index in [2.05, 4.69) is 11.0 Å². The predicted octanol–water partition coefficient (Wildman–Crippen LogP) is 4.31. The second-order valence-corrected chi connectivity index (χ2v) is 7.87. The van der Waals surface area contributed by atoms with Gasteiger partial charge in [-0.15, -0.1) is 0 Å². The van der Waals surface area contributed by atoms with Crippen molar-refractivity contribution in [2.75, 3.05) is 11.4 Å². The molecule has 1 unspecified atom stereocenters. The predicted molar refractivity (Wildman–Crippen MR) is 113 cm³/mol. The smallest absolute Gasteiger partial charge is 0.323 e. The fourth-order valence-electron chi connectivity index (χ4n) is 3.83. The molecular weight excluding hydrogens is 366 g/mol. The van der Waals surface area contributed by atoms with E-state index in [0.717, 1.165) is 23.2 Å². The summed E-state index contributed by atoms with van der Waals surface area (Å²) in [4.78, 5) is 28.3. The van der Waals surface area contributed by atoms with Crippen LogP contribution in [0, 0.1) is 5.92 Å². The molecule has 29 heavy (non-hydrogen) atoms. The molecule has 0 N–H and O–H groups in total. The number of nitrogens with zero attached hydrogens (tertiary/aromatic N) is 1. The zero-order chi connectivity index (χ0) is 21.0. The van der Waals surface area contributed by atoms with Crippen molar-refractivity contribution in [3.8, 4) is 0 Å². The largest absolute Gasteiger partial charge is 0.462 e. The summed E-state index contributed by atoms with van der Waals surface area (Å²) in [5, 5.41) is 0. The summed E-state index contributed by atoms with van der Waals surface area (Å²) in [7, 11) is 0. The average molecular weight is 395 g/mol. The molecule has 0 saturated heterocycles. The Morgan fingerprint density at radius 2 is 1.41 bits per heavy atom. The van der Waals surface area contributed by atoms with E-state index >= 15 is 0 Å². The lowest BCUT2D eigenvalue weighted by molar-refractivity contribution is -0.167. The van der Waals surface area contributed by atoms with E-state index in [4.69, 9.17) is 9.47 Å². The first-order chi connectivity index (χ1) is 13.9. The van der Waals surface area contributed by atoms with Crippen molar-refractivity contribution in [1.82, 2.24) is 0 Å². The molecule has 5 heteroatoms. The van der Waals surface area contributed by atoms with E-state index < -0.39 is 23.9 Å². The number of esters is 2. The Hall–Kier alpha value is -2.82.